The second-order valence-corrected chi connectivity index (χ2v) is 4.39. The Morgan fingerprint density at radius 1 is 1.14 bits per heavy atom. The van der Waals surface area contributed by atoms with E-state index >= 15 is 0 Å². The summed E-state index contributed by atoms with van der Waals surface area (Å²) in [7, 11) is 0. The smallest absolute Gasteiger partial charge is 0.393 e. The van der Waals surface area contributed by atoms with Gasteiger partial charge in [-0.25, -0.2) is 4.79 Å². The highest BCUT2D eigenvalue weighted by atomic mass is 19.4. The largest absolute Gasteiger partial charge is 0.478 e. The van der Waals surface area contributed by atoms with Gasteiger partial charge < -0.3 is 10.4 Å². The van der Waals surface area contributed by atoms with Crippen molar-refractivity contribution in [3.05, 3.63) is 28.8 Å². The molecule has 0 fully saturated rings. The monoisotopic (exact) mass is 303 g/mol. The fourth-order valence-corrected chi connectivity index (χ4v) is 1.80. The summed E-state index contributed by atoms with van der Waals surface area (Å²) >= 11 is 0. The van der Waals surface area contributed by atoms with E-state index in [2.05, 4.69) is 5.32 Å². The minimum absolute atomic E-state index is 0.278. The number of benzene rings is 1. The molecule has 8 heteroatoms. The van der Waals surface area contributed by atoms with Crippen molar-refractivity contribution in [3.8, 4) is 0 Å². The predicted octanol–water partition coefficient (Wildman–Crippen LogP) is 2.65. The van der Waals surface area contributed by atoms with Gasteiger partial charge in [-0.3, -0.25) is 9.59 Å². The van der Waals surface area contributed by atoms with Crippen molar-refractivity contribution in [2.75, 3.05) is 5.32 Å². The molecular weight excluding hydrogens is 291 g/mol. The number of ketones is 1. The van der Waals surface area contributed by atoms with Gasteiger partial charge in [-0.1, -0.05) is 0 Å². The second-order valence-electron chi connectivity index (χ2n) is 4.39. The number of hydrogen-bond acceptors (Lipinski definition) is 3. The zero-order valence-electron chi connectivity index (χ0n) is 11.2. The third-order valence-corrected chi connectivity index (χ3v) is 2.55. The highest BCUT2D eigenvalue weighted by Crippen LogP contribution is 2.28. The Morgan fingerprint density at radius 2 is 1.71 bits per heavy atom. The van der Waals surface area contributed by atoms with Gasteiger partial charge in [-0.2, -0.15) is 13.2 Å². The highest BCUT2D eigenvalue weighted by molar-refractivity contribution is 6.04. The van der Waals surface area contributed by atoms with Crippen LogP contribution in [-0.2, 0) is 11.2 Å². The molecule has 0 aromatic heterocycles. The summed E-state index contributed by atoms with van der Waals surface area (Å²) in [6.45, 7) is 2.13. The Balaban J connectivity index is 3.50. The molecule has 0 spiro atoms. The number of aromatic carboxylic acids is 1. The van der Waals surface area contributed by atoms with Crippen LogP contribution in [-0.4, -0.2) is 28.9 Å². The average Bonchev–Trinajstić information content (AvgIpc) is 2.24. The Hall–Kier alpha value is -2.38. The van der Waals surface area contributed by atoms with Gasteiger partial charge in [0.25, 0.3) is 0 Å². The zero-order valence-corrected chi connectivity index (χ0v) is 11.2. The van der Waals surface area contributed by atoms with Gasteiger partial charge in [0.1, 0.15) is 0 Å². The van der Waals surface area contributed by atoms with Crippen LogP contribution in [0.2, 0.25) is 0 Å². The summed E-state index contributed by atoms with van der Waals surface area (Å²) in [5, 5.41) is 11.2. The van der Waals surface area contributed by atoms with Gasteiger partial charge in [-0.15, -0.1) is 0 Å². The van der Waals surface area contributed by atoms with E-state index in [9.17, 15) is 27.6 Å². The molecule has 0 bridgehead atoms. The fourth-order valence-electron chi connectivity index (χ4n) is 1.80. The van der Waals surface area contributed by atoms with Gasteiger partial charge in [0.2, 0.25) is 5.91 Å². The SMILES string of the molecule is CC(=O)Nc1cc(CC(F)(F)F)c(C(C)=O)cc1C(=O)O. The topological polar surface area (TPSA) is 83.5 Å². The van der Waals surface area contributed by atoms with Crippen LogP contribution in [0.5, 0.6) is 0 Å². The molecule has 0 atom stereocenters. The van der Waals surface area contributed by atoms with Crippen LogP contribution in [0.3, 0.4) is 0 Å². The van der Waals surface area contributed by atoms with E-state index in [1.807, 2.05) is 0 Å². The molecule has 0 radical (unpaired) electrons. The molecule has 0 unspecified atom stereocenters. The molecule has 0 aliphatic rings. The normalized spacial score (nSPS) is 11.1. The predicted molar refractivity (Wildman–Crippen MR) is 67.5 cm³/mol. The van der Waals surface area contributed by atoms with E-state index in [1.54, 1.807) is 0 Å². The van der Waals surface area contributed by atoms with E-state index in [1.165, 1.54) is 0 Å². The third kappa shape index (κ3) is 4.59. The van der Waals surface area contributed by atoms with Crippen LogP contribution in [0.4, 0.5) is 18.9 Å². The lowest BCUT2D eigenvalue weighted by Gasteiger charge is -2.14. The van der Waals surface area contributed by atoms with Crippen LogP contribution in [0.1, 0.15) is 40.1 Å². The summed E-state index contributed by atoms with van der Waals surface area (Å²) in [4.78, 5) is 33.5. The second kappa shape index (κ2) is 5.94. The number of alkyl halides is 3. The molecule has 0 aliphatic carbocycles. The quantitative estimate of drug-likeness (QED) is 0.838. The molecule has 1 aromatic carbocycles. The number of carboxylic acid groups (broad SMARTS) is 1. The summed E-state index contributed by atoms with van der Waals surface area (Å²) in [5.74, 6) is -2.78. The first kappa shape index (κ1) is 16.7. The summed E-state index contributed by atoms with van der Waals surface area (Å²) < 4.78 is 37.6. The lowest BCUT2D eigenvalue weighted by atomic mass is 9.96. The summed E-state index contributed by atoms with van der Waals surface area (Å²) in [6.07, 6.45) is -5.96. The third-order valence-electron chi connectivity index (χ3n) is 2.55. The summed E-state index contributed by atoms with van der Waals surface area (Å²) in [6, 6.07) is 1.71. The molecule has 1 amide bonds. The van der Waals surface area contributed by atoms with Crippen molar-refractivity contribution in [2.24, 2.45) is 0 Å². The van der Waals surface area contributed by atoms with Crippen LogP contribution in [0, 0.1) is 0 Å². The highest BCUT2D eigenvalue weighted by Gasteiger charge is 2.30. The van der Waals surface area contributed by atoms with Crippen molar-refractivity contribution in [2.45, 2.75) is 26.4 Å². The minimum Gasteiger partial charge on any atom is -0.478 e. The Labute approximate surface area is 117 Å². The maximum absolute atomic E-state index is 12.5. The molecule has 0 saturated carbocycles. The molecule has 1 rings (SSSR count). The van der Waals surface area contributed by atoms with Crippen molar-refractivity contribution in [1.29, 1.82) is 0 Å². The summed E-state index contributed by atoms with van der Waals surface area (Å²) in [5.41, 5.74) is -1.44. The molecule has 5 nitrogen and oxygen atoms in total. The number of amides is 1. The van der Waals surface area contributed by atoms with Gasteiger partial charge in [0.05, 0.1) is 17.7 Å². The van der Waals surface area contributed by atoms with Gasteiger partial charge in [-0.05, 0) is 24.6 Å². The van der Waals surface area contributed by atoms with E-state index in [4.69, 9.17) is 5.11 Å². The number of carboxylic acids is 1. The van der Waals surface area contributed by atoms with Gasteiger partial charge in [0, 0.05) is 12.5 Å². The molecule has 1 aromatic rings. The van der Waals surface area contributed by atoms with Crippen LogP contribution in [0.25, 0.3) is 0 Å². The number of nitrogens with one attached hydrogen (secondary N) is 1. The minimum atomic E-state index is -4.57. The number of hydrogen-bond donors (Lipinski definition) is 2. The standard InChI is InChI=1S/C13H12F3NO4/c1-6(18)9-4-10(12(20)21)11(17-7(2)19)3-8(9)5-13(14,15)16/h3-4H,5H2,1-2H3,(H,17,19)(H,20,21). The Bertz CT molecular complexity index is 608. The number of carbonyl (C=O) groups is 3. The Kier molecular flexibility index (Phi) is 4.72. The fraction of sp³-hybridized carbons (Fsp3) is 0.308. The van der Waals surface area contributed by atoms with Crippen molar-refractivity contribution >= 4 is 23.3 Å². The molecule has 114 valence electrons. The van der Waals surface area contributed by atoms with Crippen molar-refractivity contribution < 1.29 is 32.7 Å². The number of carbonyl (C=O) groups excluding carboxylic acids is 2. The van der Waals surface area contributed by atoms with Crippen LogP contribution in [0.15, 0.2) is 12.1 Å². The van der Waals surface area contributed by atoms with E-state index in [-0.39, 0.29) is 16.8 Å². The lowest BCUT2D eigenvalue weighted by molar-refractivity contribution is -0.127. The lowest BCUT2D eigenvalue weighted by Crippen LogP contribution is -2.17. The van der Waals surface area contributed by atoms with E-state index < -0.39 is 35.8 Å². The van der Waals surface area contributed by atoms with Crippen LogP contribution < -0.4 is 5.32 Å². The number of rotatable bonds is 4. The van der Waals surface area contributed by atoms with E-state index in [0.29, 0.717) is 0 Å². The molecule has 0 saturated heterocycles. The molecule has 21 heavy (non-hydrogen) atoms. The van der Waals surface area contributed by atoms with E-state index in [0.717, 1.165) is 26.0 Å². The molecular formula is C13H12F3NO4. The van der Waals surface area contributed by atoms with Gasteiger partial charge in [0.15, 0.2) is 5.78 Å². The van der Waals surface area contributed by atoms with Crippen molar-refractivity contribution in [1.82, 2.24) is 0 Å². The number of anilines is 1. The maximum atomic E-state index is 12.5. The first-order chi connectivity index (χ1) is 9.51. The van der Waals surface area contributed by atoms with Crippen molar-refractivity contribution in [3.63, 3.8) is 0 Å². The first-order valence-corrected chi connectivity index (χ1v) is 5.76. The number of halogens is 3. The average molecular weight is 303 g/mol. The Morgan fingerprint density at radius 3 is 2.10 bits per heavy atom. The maximum Gasteiger partial charge on any atom is 0.393 e. The zero-order chi connectivity index (χ0) is 16.4. The van der Waals surface area contributed by atoms with Gasteiger partial charge >= 0.3 is 12.1 Å². The molecule has 2 N–H and O–H groups in total. The molecule has 0 aliphatic heterocycles. The first-order valence-electron chi connectivity index (χ1n) is 5.76. The van der Waals surface area contributed by atoms with Crippen LogP contribution >= 0.6 is 0 Å². The molecule has 0 heterocycles. The number of Topliss-reactive ketones (excluding diaryl/α,β-unsaturated/α-hetero) is 1.